The fourth-order valence-corrected chi connectivity index (χ4v) is 0.534. The molecule has 1 N–H and O–H groups in total. The number of hydrogen-bond acceptors (Lipinski definition) is 2. The Morgan fingerprint density at radius 1 is 1.36 bits per heavy atom. The summed E-state index contributed by atoms with van der Waals surface area (Å²) in [7, 11) is 0. The van der Waals surface area contributed by atoms with Gasteiger partial charge in [-0.3, -0.25) is 14.9 Å². The molecular formula is C8H15NO2. The molecule has 0 aliphatic heterocycles. The van der Waals surface area contributed by atoms with E-state index in [1.165, 1.54) is 0 Å². The molecule has 0 aliphatic rings. The lowest BCUT2D eigenvalue weighted by molar-refractivity contribution is -0.132. The molecule has 0 saturated heterocycles. The van der Waals surface area contributed by atoms with E-state index >= 15 is 0 Å². The largest absolute Gasteiger partial charge is 0.296 e. The molecule has 3 nitrogen and oxygen atoms in total. The third kappa shape index (κ3) is 3.75. The molecule has 0 radical (unpaired) electrons. The fourth-order valence-electron chi connectivity index (χ4n) is 0.534. The molecule has 0 spiro atoms. The molecule has 0 aliphatic carbocycles. The standard InChI is InChI=1S/C8H15NO2/c1-4-6(3)8(11)9-7(10)5-2/h6H,4-5H2,1-3H3,(H,9,10,11). The molecular weight excluding hydrogens is 142 g/mol. The second kappa shape index (κ2) is 4.88. The number of rotatable bonds is 3. The first-order chi connectivity index (χ1) is 5.11. The minimum absolute atomic E-state index is 0.0644. The molecule has 64 valence electrons. The van der Waals surface area contributed by atoms with Crippen LogP contribution in [0.1, 0.15) is 33.6 Å². The Bertz CT molecular complexity index is 154. The maximum Gasteiger partial charge on any atom is 0.229 e. The summed E-state index contributed by atoms with van der Waals surface area (Å²) in [6, 6.07) is 0. The van der Waals surface area contributed by atoms with Gasteiger partial charge in [0.2, 0.25) is 11.8 Å². The van der Waals surface area contributed by atoms with Crippen LogP contribution in [0.25, 0.3) is 0 Å². The van der Waals surface area contributed by atoms with Gasteiger partial charge in [0.05, 0.1) is 0 Å². The topological polar surface area (TPSA) is 46.2 Å². The van der Waals surface area contributed by atoms with E-state index in [0.29, 0.717) is 6.42 Å². The summed E-state index contributed by atoms with van der Waals surface area (Å²) in [5, 5.41) is 2.30. The maximum absolute atomic E-state index is 11.0. The van der Waals surface area contributed by atoms with E-state index in [2.05, 4.69) is 5.32 Å². The van der Waals surface area contributed by atoms with Crippen molar-refractivity contribution in [3.63, 3.8) is 0 Å². The van der Waals surface area contributed by atoms with Crippen molar-refractivity contribution >= 4 is 11.8 Å². The van der Waals surface area contributed by atoms with Gasteiger partial charge in [-0.25, -0.2) is 0 Å². The van der Waals surface area contributed by atoms with Gasteiger partial charge in [0, 0.05) is 12.3 Å². The highest BCUT2D eigenvalue weighted by Gasteiger charge is 2.11. The Morgan fingerprint density at radius 2 is 1.91 bits per heavy atom. The van der Waals surface area contributed by atoms with Gasteiger partial charge in [0.1, 0.15) is 0 Å². The smallest absolute Gasteiger partial charge is 0.229 e. The molecule has 1 unspecified atom stereocenters. The summed E-state index contributed by atoms with van der Waals surface area (Å²) in [4.78, 5) is 21.7. The molecule has 0 bridgehead atoms. The van der Waals surface area contributed by atoms with Crippen molar-refractivity contribution in [3.8, 4) is 0 Å². The highest BCUT2D eigenvalue weighted by atomic mass is 16.2. The zero-order chi connectivity index (χ0) is 8.85. The van der Waals surface area contributed by atoms with Crippen molar-refractivity contribution in [2.75, 3.05) is 0 Å². The molecule has 2 amide bonds. The zero-order valence-electron chi connectivity index (χ0n) is 7.31. The fraction of sp³-hybridized carbons (Fsp3) is 0.750. The van der Waals surface area contributed by atoms with Gasteiger partial charge < -0.3 is 0 Å². The second-order valence-corrected chi connectivity index (χ2v) is 2.58. The van der Waals surface area contributed by atoms with Gasteiger partial charge in [0.15, 0.2) is 0 Å². The number of nitrogens with one attached hydrogen (secondary N) is 1. The van der Waals surface area contributed by atoms with Crippen LogP contribution in [-0.4, -0.2) is 11.8 Å². The van der Waals surface area contributed by atoms with Crippen LogP contribution in [0.3, 0.4) is 0 Å². The van der Waals surface area contributed by atoms with Crippen molar-refractivity contribution in [2.45, 2.75) is 33.6 Å². The summed E-state index contributed by atoms with van der Waals surface area (Å²) in [5.41, 5.74) is 0. The molecule has 0 heterocycles. The monoisotopic (exact) mass is 157 g/mol. The zero-order valence-corrected chi connectivity index (χ0v) is 7.31. The Labute approximate surface area is 67.2 Å². The van der Waals surface area contributed by atoms with Crippen LogP contribution in [0.15, 0.2) is 0 Å². The van der Waals surface area contributed by atoms with Gasteiger partial charge in [-0.2, -0.15) is 0 Å². The van der Waals surface area contributed by atoms with E-state index in [-0.39, 0.29) is 17.7 Å². The summed E-state index contributed by atoms with van der Waals surface area (Å²) < 4.78 is 0. The molecule has 1 atom stereocenters. The first-order valence-electron chi connectivity index (χ1n) is 3.95. The first-order valence-corrected chi connectivity index (χ1v) is 3.95. The third-order valence-electron chi connectivity index (χ3n) is 1.64. The first kappa shape index (κ1) is 10.1. The number of amides is 2. The minimum Gasteiger partial charge on any atom is -0.296 e. The maximum atomic E-state index is 11.0. The Morgan fingerprint density at radius 3 is 2.27 bits per heavy atom. The quantitative estimate of drug-likeness (QED) is 0.666. The Kier molecular flexibility index (Phi) is 4.50. The van der Waals surface area contributed by atoms with Crippen molar-refractivity contribution in [2.24, 2.45) is 5.92 Å². The van der Waals surface area contributed by atoms with E-state index in [0.717, 1.165) is 6.42 Å². The Hall–Kier alpha value is -0.860. The molecule has 0 aromatic heterocycles. The van der Waals surface area contributed by atoms with Crippen LogP contribution < -0.4 is 5.32 Å². The molecule has 0 rings (SSSR count). The number of carbonyl (C=O) groups excluding carboxylic acids is 2. The SMILES string of the molecule is CCC(=O)NC(=O)C(C)CC. The van der Waals surface area contributed by atoms with E-state index in [1.54, 1.807) is 13.8 Å². The van der Waals surface area contributed by atoms with E-state index in [4.69, 9.17) is 0 Å². The summed E-state index contributed by atoms with van der Waals surface area (Å²) >= 11 is 0. The van der Waals surface area contributed by atoms with Gasteiger partial charge in [-0.15, -0.1) is 0 Å². The van der Waals surface area contributed by atoms with E-state index in [1.807, 2.05) is 6.92 Å². The van der Waals surface area contributed by atoms with Gasteiger partial charge in [-0.05, 0) is 6.42 Å². The molecule has 0 fully saturated rings. The minimum atomic E-state index is -0.199. The van der Waals surface area contributed by atoms with Gasteiger partial charge in [-0.1, -0.05) is 20.8 Å². The summed E-state index contributed by atoms with van der Waals surface area (Å²) in [6.07, 6.45) is 1.13. The highest BCUT2D eigenvalue weighted by Crippen LogP contribution is 1.99. The number of hydrogen-bond donors (Lipinski definition) is 1. The second-order valence-electron chi connectivity index (χ2n) is 2.58. The lowest BCUT2D eigenvalue weighted by Gasteiger charge is -2.06. The highest BCUT2D eigenvalue weighted by molar-refractivity contribution is 5.95. The van der Waals surface area contributed by atoms with Crippen molar-refractivity contribution in [1.29, 1.82) is 0 Å². The van der Waals surface area contributed by atoms with E-state index < -0.39 is 0 Å². The van der Waals surface area contributed by atoms with Gasteiger partial charge in [0.25, 0.3) is 0 Å². The average Bonchev–Trinajstić information content (AvgIpc) is 2.02. The molecule has 0 aromatic carbocycles. The predicted molar refractivity (Wildman–Crippen MR) is 42.9 cm³/mol. The lowest BCUT2D eigenvalue weighted by Crippen LogP contribution is -2.33. The molecule has 3 heteroatoms. The predicted octanol–water partition coefficient (Wildman–Crippen LogP) is 1.09. The normalized spacial score (nSPS) is 12.3. The lowest BCUT2D eigenvalue weighted by atomic mass is 10.1. The van der Waals surface area contributed by atoms with Crippen LogP contribution in [-0.2, 0) is 9.59 Å². The van der Waals surface area contributed by atoms with Crippen LogP contribution in [0.5, 0.6) is 0 Å². The third-order valence-corrected chi connectivity index (χ3v) is 1.64. The number of imide groups is 1. The summed E-state index contributed by atoms with van der Waals surface area (Å²) in [5.74, 6) is -0.430. The van der Waals surface area contributed by atoms with Gasteiger partial charge >= 0.3 is 0 Å². The van der Waals surface area contributed by atoms with Crippen molar-refractivity contribution in [1.82, 2.24) is 5.32 Å². The molecule has 11 heavy (non-hydrogen) atoms. The van der Waals surface area contributed by atoms with Crippen LogP contribution in [0.2, 0.25) is 0 Å². The van der Waals surface area contributed by atoms with Crippen LogP contribution in [0.4, 0.5) is 0 Å². The molecule has 0 aromatic rings. The molecule has 0 saturated carbocycles. The average molecular weight is 157 g/mol. The van der Waals surface area contributed by atoms with Crippen LogP contribution in [0, 0.1) is 5.92 Å². The van der Waals surface area contributed by atoms with Crippen molar-refractivity contribution < 1.29 is 9.59 Å². The summed E-state index contributed by atoms with van der Waals surface area (Å²) in [6.45, 7) is 5.44. The Balaban J connectivity index is 3.77. The van der Waals surface area contributed by atoms with Crippen molar-refractivity contribution in [3.05, 3.63) is 0 Å². The number of carbonyl (C=O) groups is 2. The van der Waals surface area contributed by atoms with E-state index in [9.17, 15) is 9.59 Å². The van der Waals surface area contributed by atoms with Crippen LogP contribution >= 0.6 is 0 Å².